The minimum absolute atomic E-state index is 0.0735. The summed E-state index contributed by atoms with van der Waals surface area (Å²) < 4.78 is 10.7. The van der Waals surface area contributed by atoms with E-state index in [1.807, 2.05) is 25.1 Å². The normalized spacial score (nSPS) is 16.4. The van der Waals surface area contributed by atoms with E-state index in [1.54, 1.807) is 0 Å². The summed E-state index contributed by atoms with van der Waals surface area (Å²) in [5.41, 5.74) is 1.11. The highest BCUT2D eigenvalue weighted by molar-refractivity contribution is 5.73. The summed E-state index contributed by atoms with van der Waals surface area (Å²) >= 11 is 0. The number of benzene rings is 1. The van der Waals surface area contributed by atoms with Crippen molar-refractivity contribution in [2.75, 3.05) is 6.79 Å². The zero-order chi connectivity index (χ0) is 16.3. The van der Waals surface area contributed by atoms with Crippen molar-refractivity contribution in [1.29, 1.82) is 0 Å². The number of nitrogens with one attached hydrogen (secondary N) is 1. The average molecular weight is 307 g/mol. The van der Waals surface area contributed by atoms with E-state index in [-0.39, 0.29) is 18.2 Å². The molecule has 2 rings (SSSR count). The Kier molecular flexibility index (Phi) is 4.96. The molecule has 5 nitrogen and oxygen atoms in total. The van der Waals surface area contributed by atoms with Gasteiger partial charge in [-0.1, -0.05) is 26.8 Å². The molecule has 2 atom stereocenters. The van der Waals surface area contributed by atoms with E-state index in [1.165, 1.54) is 0 Å². The molecule has 0 aliphatic carbocycles. The van der Waals surface area contributed by atoms with Crippen molar-refractivity contribution < 1.29 is 19.4 Å². The van der Waals surface area contributed by atoms with Gasteiger partial charge in [0.05, 0.1) is 0 Å². The van der Waals surface area contributed by atoms with Crippen molar-refractivity contribution in [1.82, 2.24) is 5.32 Å². The lowest BCUT2D eigenvalue weighted by atomic mass is 9.88. The maximum absolute atomic E-state index is 11.5. The summed E-state index contributed by atoms with van der Waals surface area (Å²) in [4.78, 5) is 11.5. The van der Waals surface area contributed by atoms with Gasteiger partial charge in [-0.15, -0.1) is 0 Å². The lowest BCUT2D eigenvalue weighted by molar-refractivity contribution is -0.140. The molecule has 1 heterocycles. The van der Waals surface area contributed by atoms with Crippen LogP contribution in [0.4, 0.5) is 0 Å². The second-order valence-electron chi connectivity index (χ2n) is 6.99. The van der Waals surface area contributed by atoms with Gasteiger partial charge in [-0.2, -0.15) is 0 Å². The van der Waals surface area contributed by atoms with Gasteiger partial charge in [0.25, 0.3) is 0 Å². The van der Waals surface area contributed by atoms with Crippen molar-refractivity contribution >= 4 is 5.97 Å². The molecule has 1 aromatic rings. The van der Waals surface area contributed by atoms with Crippen molar-refractivity contribution in [2.45, 2.75) is 52.6 Å². The Morgan fingerprint density at radius 3 is 2.64 bits per heavy atom. The molecule has 1 aliphatic heterocycles. The molecule has 0 saturated carbocycles. The van der Waals surface area contributed by atoms with E-state index in [0.717, 1.165) is 17.7 Å². The lowest BCUT2D eigenvalue weighted by Crippen LogP contribution is -2.39. The second-order valence-corrected chi connectivity index (χ2v) is 6.99. The molecule has 1 aromatic carbocycles. The largest absolute Gasteiger partial charge is 0.480 e. The molecular weight excluding hydrogens is 282 g/mol. The predicted molar refractivity (Wildman–Crippen MR) is 84.2 cm³/mol. The highest BCUT2D eigenvalue weighted by Gasteiger charge is 2.24. The van der Waals surface area contributed by atoms with Gasteiger partial charge in [0.1, 0.15) is 6.04 Å². The molecule has 0 radical (unpaired) electrons. The third-order valence-electron chi connectivity index (χ3n) is 3.83. The quantitative estimate of drug-likeness (QED) is 0.843. The number of carboxylic acids is 1. The van der Waals surface area contributed by atoms with Gasteiger partial charge in [-0.3, -0.25) is 10.1 Å². The van der Waals surface area contributed by atoms with Crippen LogP contribution in [0, 0.1) is 5.41 Å². The molecule has 0 bridgehead atoms. The van der Waals surface area contributed by atoms with Crippen LogP contribution in [0.1, 0.15) is 52.1 Å². The molecule has 1 aliphatic rings. The topological polar surface area (TPSA) is 67.8 Å². The van der Waals surface area contributed by atoms with Gasteiger partial charge in [0.15, 0.2) is 11.5 Å². The van der Waals surface area contributed by atoms with Crippen molar-refractivity contribution in [2.24, 2.45) is 5.41 Å². The first kappa shape index (κ1) is 16.6. The first-order valence-corrected chi connectivity index (χ1v) is 7.65. The Hall–Kier alpha value is -1.75. The summed E-state index contributed by atoms with van der Waals surface area (Å²) in [6.07, 6.45) is 1.46. The van der Waals surface area contributed by atoms with Crippen LogP contribution in [0.15, 0.2) is 18.2 Å². The van der Waals surface area contributed by atoms with E-state index in [4.69, 9.17) is 9.47 Å². The number of fused-ring (bicyclic) bond motifs is 1. The maximum atomic E-state index is 11.5. The van der Waals surface area contributed by atoms with Gasteiger partial charge >= 0.3 is 5.97 Å². The Morgan fingerprint density at radius 2 is 2.00 bits per heavy atom. The van der Waals surface area contributed by atoms with Crippen LogP contribution in [0.2, 0.25) is 0 Å². The molecule has 5 heteroatoms. The minimum atomic E-state index is -0.808. The van der Waals surface area contributed by atoms with E-state index in [2.05, 4.69) is 26.1 Å². The third kappa shape index (κ3) is 4.37. The van der Waals surface area contributed by atoms with E-state index in [9.17, 15) is 9.90 Å². The molecular formula is C17H25NO4. The smallest absolute Gasteiger partial charge is 0.320 e. The minimum Gasteiger partial charge on any atom is -0.480 e. The van der Waals surface area contributed by atoms with E-state index in [0.29, 0.717) is 12.2 Å². The number of hydrogen-bond acceptors (Lipinski definition) is 4. The van der Waals surface area contributed by atoms with Gasteiger partial charge in [-0.05, 0) is 42.9 Å². The highest BCUT2D eigenvalue weighted by Crippen LogP contribution is 2.34. The highest BCUT2D eigenvalue weighted by atomic mass is 16.7. The standard InChI is InChI=1S/C17H25NO4/c1-11(12-5-6-14-15(9-12)22-10-21-14)18-13(16(19)20)7-8-17(2,3)4/h5-6,9,11,13,18H,7-8,10H2,1-4H3,(H,19,20)/t11-,13-/m0/s1. The first-order valence-electron chi connectivity index (χ1n) is 7.65. The van der Waals surface area contributed by atoms with Crippen molar-refractivity contribution in [3.05, 3.63) is 23.8 Å². The first-order chi connectivity index (χ1) is 10.3. The number of rotatable bonds is 6. The summed E-state index contributed by atoms with van der Waals surface area (Å²) in [5, 5.41) is 12.6. The van der Waals surface area contributed by atoms with Gasteiger partial charge in [0, 0.05) is 6.04 Å². The summed E-state index contributed by atoms with van der Waals surface area (Å²) in [7, 11) is 0. The SMILES string of the molecule is C[C@H](N[C@@H](CCC(C)(C)C)C(=O)O)c1ccc2c(c1)OCO2. The fourth-order valence-electron chi connectivity index (χ4n) is 2.44. The molecule has 0 amide bonds. The summed E-state index contributed by atoms with van der Waals surface area (Å²) in [5.74, 6) is 0.642. The molecule has 0 fully saturated rings. The van der Waals surface area contributed by atoms with Crippen LogP contribution in [0.3, 0.4) is 0 Å². The monoisotopic (exact) mass is 307 g/mol. The lowest BCUT2D eigenvalue weighted by Gasteiger charge is -2.24. The van der Waals surface area contributed by atoms with Crippen LogP contribution in [-0.2, 0) is 4.79 Å². The average Bonchev–Trinajstić information content (AvgIpc) is 2.88. The fourth-order valence-corrected chi connectivity index (χ4v) is 2.44. The van der Waals surface area contributed by atoms with Crippen molar-refractivity contribution in [3.63, 3.8) is 0 Å². The Bertz CT molecular complexity index is 536. The molecule has 0 spiro atoms. The molecule has 0 unspecified atom stereocenters. The number of ether oxygens (including phenoxy) is 2. The maximum Gasteiger partial charge on any atom is 0.320 e. The van der Waals surface area contributed by atoms with Crippen LogP contribution < -0.4 is 14.8 Å². The summed E-state index contributed by atoms with van der Waals surface area (Å²) in [6.45, 7) is 8.56. The summed E-state index contributed by atoms with van der Waals surface area (Å²) in [6, 6.07) is 5.08. The molecule has 122 valence electrons. The van der Waals surface area contributed by atoms with Crippen LogP contribution in [-0.4, -0.2) is 23.9 Å². The zero-order valence-corrected chi connectivity index (χ0v) is 13.7. The van der Waals surface area contributed by atoms with Gasteiger partial charge in [0.2, 0.25) is 6.79 Å². The zero-order valence-electron chi connectivity index (χ0n) is 13.7. The Morgan fingerprint density at radius 1 is 1.32 bits per heavy atom. The number of carboxylic acid groups (broad SMARTS) is 1. The fraction of sp³-hybridized carbons (Fsp3) is 0.588. The molecule has 0 saturated heterocycles. The number of carbonyl (C=O) groups is 1. The van der Waals surface area contributed by atoms with Gasteiger partial charge in [-0.25, -0.2) is 0 Å². The van der Waals surface area contributed by atoms with Crippen molar-refractivity contribution in [3.8, 4) is 11.5 Å². The van der Waals surface area contributed by atoms with E-state index >= 15 is 0 Å². The molecule has 22 heavy (non-hydrogen) atoms. The van der Waals surface area contributed by atoms with Crippen LogP contribution >= 0.6 is 0 Å². The number of hydrogen-bond donors (Lipinski definition) is 2. The Labute approximate surface area is 131 Å². The van der Waals surface area contributed by atoms with Crippen LogP contribution in [0.25, 0.3) is 0 Å². The second kappa shape index (κ2) is 6.57. The molecule has 0 aromatic heterocycles. The van der Waals surface area contributed by atoms with Crippen LogP contribution in [0.5, 0.6) is 11.5 Å². The Balaban J connectivity index is 2.01. The third-order valence-corrected chi connectivity index (χ3v) is 3.83. The molecule has 2 N–H and O–H groups in total. The number of aliphatic carboxylic acids is 1. The van der Waals surface area contributed by atoms with Gasteiger partial charge < -0.3 is 14.6 Å². The van der Waals surface area contributed by atoms with E-state index < -0.39 is 12.0 Å². The predicted octanol–water partition coefficient (Wildman–Crippen LogP) is 3.35.